The van der Waals surface area contributed by atoms with Crippen molar-refractivity contribution in [3.05, 3.63) is 29.8 Å². The van der Waals surface area contributed by atoms with Gasteiger partial charge >= 0.3 is 0 Å². The number of rotatable bonds is 6. The number of amides is 1. The van der Waals surface area contributed by atoms with E-state index in [-0.39, 0.29) is 23.9 Å². The highest BCUT2D eigenvalue weighted by molar-refractivity contribution is 5.79. The van der Waals surface area contributed by atoms with Gasteiger partial charge in [0.15, 0.2) is 0 Å². The Hall–Kier alpha value is -1.55. The van der Waals surface area contributed by atoms with Crippen molar-refractivity contribution in [1.29, 1.82) is 0 Å². The van der Waals surface area contributed by atoms with E-state index in [1.54, 1.807) is 7.11 Å². The first kappa shape index (κ1) is 17.8. The van der Waals surface area contributed by atoms with E-state index in [0.717, 1.165) is 43.4 Å². The first-order chi connectivity index (χ1) is 11.0. The van der Waals surface area contributed by atoms with E-state index in [0.29, 0.717) is 5.92 Å². The highest BCUT2D eigenvalue weighted by Crippen LogP contribution is 2.31. The predicted molar refractivity (Wildman–Crippen MR) is 93.3 cm³/mol. The monoisotopic (exact) mass is 318 g/mol. The molecule has 3 unspecified atom stereocenters. The highest BCUT2D eigenvalue weighted by atomic mass is 16.5. The third kappa shape index (κ3) is 4.96. The van der Waals surface area contributed by atoms with Crippen molar-refractivity contribution >= 4 is 5.91 Å². The molecule has 0 saturated heterocycles. The van der Waals surface area contributed by atoms with Gasteiger partial charge in [-0.15, -0.1) is 0 Å². The smallest absolute Gasteiger partial charge is 0.223 e. The summed E-state index contributed by atoms with van der Waals surface area (Å²) in [6.45, 7) is 4.34. The molecule has 0 heterocycles. The Morgan fingerprint density at radius 2 is 2.09 bits per heavy atom. The van der Waals surface area contributed by atoms with Crippen molar-refractivity contribution in [3.63, 3.8) is 0 Å². The summed E-state index contributed by atoms with van der Waals surface area (Å²) in [5.74, 6) is 1.50. The maximum atomic E-state index is 12.7. The molecule has 0 bridgehead atoms. The number of nitrogens with one attached hydrogen (secondary N) is 1. The van der Waals surface area contributed by atoms with Gasteiger partial charge in [-0.1, -0.05) is 38.5 Å². The van der Waals surface area contributed by atoms with Crippen LogP contribution >= 0.6 is 0 Å². The molecule has 0 radical (unpaired) electrons. The van der Waals surface area contributed by atoms with Crippen molar-refractivity contribution in [3.8, 4) is 5.75 Å². The number of hydrogen-bond acceptors (Lipinski definition) is 3. The summed E-state index contributed by atoms with van der Waals surface area (Å²) in [5.41, 5.74) is 7.08. The van der Waals surface area contributed by atoms with Crippen LogP contribution < -0.4 is 15.8 Å². The van der Waals surface area contributed by atoms with Crippen LogP contribution in [0.2, 0.25) is 0 Å². The van der Waals surface area contributed by atoms with Gasteiger partial charge in [0.25, 0.3) is 0 Å². The molecule has 1 saturated carbocycles. The van der Waals surface area contributed by atoms with Crippen LogP contribution in [0.1, 0.15) is 57.6 Å². The number of hydrogen-bond donors (Lipinski definition) is 2. The molecule has 1 aliphatic carbocycles. The molecular formula is C19H30N2O2. The van der Waals surface area contributed by atoms with Crippen LogP contribution in [0, 0.1) is 11.8 Å². The standard InChI is InChI=1S/C19H30N2O2/c1-13(2)11-17(16-9-4-5-10-18(16)23-3)21-19(22)14-7-6-8-15(20)12-14/h4-5,9-10,13-15,17H,6-8,11-12,20H2,1-3H3,(H,21,22). The predicted octanol–water partition coefficient (Wildman–Crippen LogP) is 3.42. The zero-order valence-corrected chi connectivity index (χ0v) is 14.5. The summed E-state index contributed by atoms with van der Waals surface area (Å²) in [6.07, 6.45) is 4.71. The maximum Gasteiger partial charge on any atom is 0.223 e. The molecule has 0 aliphatic heterocycles. The van der Waals surface area contributed by atoms with E-state index in [2.05, 4.69) is 19.2 Å². The van der Waals surface area contributed by atoms with E-state index in [9.17, 15) is 4.79 Å². The highest BCUT2D eigenvalue weighted by Gasteiger charge is 2.28. The molecule has 4 nitrogen and oxygen atoms in total. The lowest BCUT2D eigenvalue weighted by molar-refractivity contribution is -0.127. The SMILES string of the molecule is COc1ccccc1C(CC(C)C)NC(=O)C1CCCC(N)C1. The summed E-state index contributed by atoms with van der Waals surface area (Å²) in [4.78, 5) is 12.7. The fraction of sp³-hybridized carbons (Fsp3) is 0.632. The number of nitrogens with two attached hydrogens (primary N) is 1. The Kier molecular flexibility index (Phi) is 6.46. The van der Waals surface area contributed by atoms with Crippen molar-refractivity contribution in [2.24, 2.45) is 17.6 Å². The molecule has 1 aromatic rings. The zero-order chi connectivity index (χ0) is 16.8. The maximum absolute atomic E-state index is 12.7. The van der Waals surface area contributed by atoms with Crippen LogP contribution in [0.5, 0.6) is 5.75 Å². The van der Waals surface area contributed by atoms with Gasteiger partial charge in [-0.3, -0.25) is 4.79 Å². The summed E-state index contributed by atoms with van der Waals surface area (Å²) in [6, 6.07) is 8.08. The van der Waals surface area contributed by atoms with Crippen LogP contribution in [0.4, 0.5) is 0 Å². The van der Waals surface area contributed by atoms with Crippen LogP contribution in [0.3, 0.4) is 0 Å². The lowest BCUT2D eigenvalue weighted by Gasteiger charge is -2.29. The minimum atomic E-state index is -0.0169. The molecule has 1 aliphatic rings. The molecule has 23 heavy (non-hydrogen) atoms. The average molecular weight is 318 g/mol. The fourth-order valence-electron chi connectivity index (χ4n) is 3.44. The van der Waals surface area contributed by atoms with Gasteiger partial charge in [0.05, 0.1) is 13.2 Å². The molecule has 0 spiro atoms. The second kappa shape index (κ2) is 8.34. The van der Waals surface area contributed by atoms with Crippen LogP contribution in [0.15, 0.2) is 24.3 Å². The lowest BCUT2D eigenvalue weighted by atomic mass is 9.85. The molecule has 1 amide bonds. The zero-order valence-electron chi connectivity index (χ0n) is 14.5. The van der Waals surface area contributed by atoms with E-state index in [4.69, 9.17) is 10.5 Å². The van der Waals surface area contributed by atoms with Gasteiger partial charge in [-0.05, 0) is 37.7 Å². The van der Waals surface area contributed by atoms with Gasteiger partial charge < -0.3 is 15.8 Å². The van der Waals surface area contributed by atoms with Crippen molar-refractivity contribution < 1.29 is 9.53 Å². The molecular weight excluding hydrogens is 288 g/mol. The molecule has 4 heteroatoms. The normalized spacial score (nSPS) is 22.7. The number of benzene rings is 1. The molecule has 1 fully saturated rings. The fourth-order valence-corrected chi connectivity index (χ4v) is 3.44. The number of carbonyl (C=O) groups excluding carboxylic acids is 1. The van der Waals surface area contributed by atoms with Gasteiger partial charge in [0, 0.05) is 17.5 Å². The van der Waals surface area contributed by atoms with Crippen LogP contribution in [0.25, 0.3) is 0 Å². The molecule has 128 valence electrons. The van der Waals surface area contributed by atoms with Crippen molar-refractivity contribution in [2.75, 3.05) is 7.11 Å². The van der Waals surface area contributed by atoms with Gasteiger partial charge in [0.1, 0.15) is 5.75 Å². The topological polar surface area (TPSA) is 64.3 Å². The van der Waals surface area contributed by atoms with E-state index >= 15 is 0 Å². The first-order valence-electron chi connectivity index (χ1n) is 8.70. The van der Waals surface area contributed by atoms with E-state index < -0.39 is 0 Å². The third-order valence-corrected chi connectivity index (χ3v) is 4.62. The molecule has 3 N–H and O–H groups in total. The minimum absolute atomic E-state index is 0.0169. The Balaban J connectivity index is 2.13. The number of methoxy groups -OCH3 is 1. The quantitative estimate of drug-likeness (QED) is 0.845. The first-order valence-corrected chi connectivity index (χ1v) is 8.70. The largest absolute Gasteiger partial charge is 0.496 e. The minimum Gasteiger partial charge on any atom is -0.496 e. The van der Waals surface area contributed by atoms with Gasteiger partial charge in [-0.2, -0.15) is 0 Å². The summed E-state index contributed by atoms with van der Waals surface area (Å²) >= 11 is 0. The number of para-hydroxylation sites is 1. The summed E-state index contributed by atoms with van der Waals surface area (Å²) < 4.78 is 5.48. The Morgan fingerprint density at radius 3 is 2.74 bits per heavy atom. The summed E-state index contributed by atoms with van der Waals surface area (Å²) in [5, 5.41) is 3.26. The third-order valence-electron chi connectivity index (χ3n) is 4.62. The van der Waals surface area contributed by atoms with Crippen LogP contribution in [-0.2, 0) is 4.79 Å². The average Bonchev–Trinajstić information content (AvgIpc) is 2.53. The number of carbonyl (C=O) groups is 1. The summed E-state index contributed by atoms with van der Waals surface area (Å²) in [7, 11) is 1.67. The van der Waals surface area contributed by atoms with Crippen molar-refractivity contribution in [1.82, 2.24) is 5.32 Å². The van der Waals surface area contributed by atoms with Crippen LogP contribution in [-0.4, -0.2) is 19.1 Å². The molecule has 1 aromatic carbocycles. The Morgan fingerprint density at radius 1 is 1.35 bits per heavy atom. The molecule has 2 rings (SSSR count). The Bertz CT molecular complexity index is 516. The van der Waals surface area contributed by atoms with Gasteiger partial charge in [-0.25, -0.2) is 0 Å². The molecule has 3 atom stereocenters. The second-order valence-corrected chi connectivity index (χ2v) is 7.06. The van der Waals surface area contributed by atoms with E-state index in [1.807, 2.05) is 24.3 Å². The lowest BCUT2D eigenvalue weighted by Crippen LogP contribution is -2.39. The van der Waals surface area contributed by atoms with Crippen molar-refractivity contribution in [2.45, 2.75) is 58.0 Å². The number of ether oxygens (including phenoxy) is 1. The second-order valence-electron chi connectivity index (χ2n) is 7.06. The molecule has 0 aromatic heterocycles. The van der Waals surface area contributed by atoms with Gasteiger partial charge in [0.2, 0.25) is 5.91 Å². The van der Waals surface area contributed by atoms with E-state index in [1.165, 1.54) is 0 Å². The Labute approximate surface area is 139 Å².